The fourth-order valence-corrected chi connectivity index (χ4v) is 2.39. The second-order valence-electron chi connectivity index (χ2n) is 4.50. The van der Waals surface area contributed by atoms with E-state index in [9.17, 15) is 4.39 Å². The highest BCUT2D eigenvalue weighted by Crippen LogP contribution is 2.21. The van der Waals surface area contributed by atoms with Crippen LogP contribution in [0.1, 0.15) is 26.2 Å². The molecule has 1 unspecified atom stereocenters. The summed E-state index contributed by atoms with van der Waals surface area (Å²) >= 11 is 0. The molecular formula is C13H20FN3. The molecule has 0 bridgehead atoms. The first-order valence-corrected chi connectivity index (χ1v) is 6.40. The van der Waals surface area contributed by atoms with Gasteiger partial charge >= 0.3 is 0 Å². The molecule has 1 saturated heterocycles. The van der Waals surface area contributed by atoms with Crippen LogP contribution in [0.5, 0.6) is 0 Å². The molecule has 0 aromatic carbocycles. The van der Waals surface area contributed by atoms with E-state index in [2.05, 4.69) is 22.1 Å². The average Bonchev–Trinajstić information content (AvgIpc) is 2.38. The maximum absolute atomic E-state index is 13.8. The predicted molar refractivity (Wildman–Crippen MR) is 67.7 cm³/mol. The standard InChI is InChI=1S/C13H20FN3/c1-2-9-17(11-5-3-7-15-10-11)13-12(14)6-4-8-16-13/h4,6,8,11,15H,2-3,5,7,9-10H2,1H3. The molecule has 1 aromatic rings. The van der Waals surface area contributed by atoms with Crippen molar-refractivity contribution >= 4 is 5.82 Å². The van der Waals surface area contributed by atoms with Crippen LogP contribution < -0.4 is 10.2 Å². The van der Waals surface area contributed by atoms with Crippen molar-refractivity contribution in [2.75, 3.05) is 24.5 Å². The van der Waals surface area contributed by atoms with Gasteiger partial charge in [0, 0.05) is 25.3 Å². The van der Waals surface area contributed by atoms with E-state index >= 15 is 0 Å². The average molecular weight is 237 g/mol. The number of hydrogen-bond donors (Lipinski definition) is 1. The van der Waals surface area contributed by atoms with Crippen molar-refractivity contribution in [2.45, 2.75) is 32.2 Å². The first kappa shape index (κ1) is 12.3. The lowest BCUT2D eigenvalue weighted by Crippen LogP contribution is -2.47. The van der Waals surface area contributed by atoms with E-state index in [4.69, 9.17) is 0 Å². The van der Waals surface area contributed by atoms with Crippen molar-refractivity contribution in [3.8, 4) is 0 Å². The fraction of sp³-hybridized carbons (Fsp3) is 0.615. The Morgan fingerprint density at radius 3 is 3.12 bits per heavy atom. The van der Waals surface area contributed by atoms with Gasteiger partial charge in [0.15, 0.2) is 11.6 Å². The van der Waals surface area contributed by atoms with Gasteiger partial charge in [0.1, 0.15) is 0 Å². The molecule has 0 saturated carbocycles. The molecule has 94 valence electrons. The molecular weight excluding hydrogens is 217 g/mol. The molecule has 1 aromatic heterocycles. The van der Waals surface area contributed by atoms with Gasteiger partial charge in [-0.1, -0.05) is 6.92 Å². The molecule has 1 aliphatic heterocycles. The van der Waals surface area contributed by atoms with Crippen LogP contribution in [0.4, 0.5) is 10.2 Å². The highest BCUT2D eigenvalue weighted by atomic mass is 19.1. The molecule has 2 rings (SSSR count). The van der Waals surface area contributed by atoms with Gasteiger partial charge in [0.25, 0.3) is 0 Å². The van der Waals surface area contributed by atoms with E-state index in [-0.39, 0.29) is 5.82 Å². The quantitative estimate of drug-likeness (QED) is 0.870. The van der Waals surface area contributed by atoms with Crippen molar-refractivity contribution in [1.82, 2.24) is 10.3 Å². The van der Waals surface area contributed by atoms with Crippen molar-refractivity contribution in [2.24, 2.45) is 0 Å². The van der Waals surface area contributed by atoms with Gasteiger partial charge in [0.2, 0.25) is 0 Å². The van der Waals surface area contributed by atoms with Crippen molar-refractivity contribution in [3.05, 3.63) is 24.1 Å². The summed E-state index contributed by atoms with van der Waals surface area (Å²) in [5, 5.41) is 3.37. The summed E-state index contributed by atoms with van der Waals surface area (Å²) in [4.78, 5) is 6.31. The largest absolute Gasteiger partial charge is 0.350 e. The van der Waals surface area contributed by atoms with Crippen molar-refractivity contribution < 1.29 is 4.39 Å². The van der Waals surface area contributed by atoms with E-state index < -0.39 is 0 Å². The number of nitrogens with one attached hydrogen (secondary N) is 1. The van der Waals surface area contributed by atoms with Gasteiger partial charge in [-0.2, -0.15) is 0 Å². The van der Waals surface area contributed by atoms with E-state index in [0.29, 0.717) is 11.9 Å². The monoisotopic (exact) mass is 237 g/mol. The van der Waals surface area contributed by atoms with Crippen LogP contribution in [0.15, 0.2) is 18.3 Å². The third-order valence-corrected chi connectivity index (χ3v) is 3.19. The summed E-state index contributed by atoms with van der Waals surface area (Å²) in [5.74, 6) is 0.287. The van der Waals surface area contributed by atoms with Gasteiger partial charge in [-0.25, -0.2) is 9.37 Å². The molecule has 17 heavy (non-hydrogen) atoms. The molecule has 1 N–H and O–H groups in total. The molecule has 1 fully saturated rings. The molecule has 4 heteroatoms. The summed E-state index contributed by atoms with van der Waals surface area (Å²) in [6.45, 7) is 4.97. The summed E-state index contributed by atoms with van der Waals surface area (Å²) in [6.07, 6.45) is 4.94. The van der Waals surface area contributed by atoms with Crippen LogP contribution in [0.25, 0.3) is 0 Å². The first-order valence-electron chi connectivity index (χ1n) is 6.40. The second kappa shape index (κ2) is 5.96. The maximum Gasteiger partial charge on any atom is 0.165 e. The fourth-order valence-electron chi connectivity index (χ4n) is 2.39. The highest BCUT2D eigenvalue weighted by molar-refractivity contribution is 5.41. The highest BCUT2D eigenvalue weighted by Gasteiger charge is 2.23. The minimum Gasteiger partial charge on any atom is -0.350 e. The minimum atomic E-state index is -0.216. The second-order valence-corrected chi connectivity index (χ2v) is 4.50. The Labute approximate surface area is 102 Å². The van der Waals surface area contributed by atoms with E-state index in [1.54, 1.807) is 12.3 Å². The van der Waals surface area contributed by atoms with Gasteiger partial charge < -0.3 is 10.2 Å². The maximum atomic E-state index is 13.8. The Morgan fingerprint density at radius 1 is 1.59 bits per heavy atom. The zero-order valence-corrected chi connectivity index (χ0v) is 10.3. The van der Waals surface area contributed by atoms with Gasteiger partial charge in [-0.15, -0.1) is 0 Å². The summed E-state index contributed by atoms with van der Waals surface area (Å²) in [6, 6.07) is 3.50. The molecule has 0 amide bonds. The molecule has 0 spiro atoms. The number of anilines is 1. The van der Waals surface area contributed by atoms with Gasteiger partial charge in [0.05, 0.1) is 0 Å². The molecule has 3 nitrogen and oxygen atoms in total. The van der Waals surface area contributed by atoms with Crippen molar-refractivity contribution in [1.29, 1.82) is 0 Å². The summed E-state index contributed by atoms with van der Waals surface area (Å²) < 4.78 is 13.8. The molecule has 1 atom stereocenters. The Kier molecular flexibility index (Phi) is 4.31. The topological polar surface area (TPSA) is 28.2 Å². The van der Waals surface area contributed by atoms with Gasteiger partial charge in [-0.05, 0) is 37.9 Å². The number of nitrogens with zero attached hydrogens (tertiary/aromatic N) is 2. The Hall–Kier alpha value is -1.16. The predicted octanol–water partition coefficient (Wildman–Crippen LogP) is 2.19. The van der Waals surface area contributed by atoms with Crippen LogP contribution in [0.2, 0.25) is 0 Å². The van der Waals surface area contributed by atoms with E-state index in [1.807, 2.05) is 0 Å². The normalized spacial score (nSPS) is 20.2. The molecule has 1 aliphatic rings. The number of aromatic nitrogens is 1. The van der Waals surface area contributed by atoms with Crippen LogP contribution in [0, 0.1) is 5.82 Å². The number of hydrogen-bond acceptors (Lipinski definition) is 3. The van der Waals surface area contributed by atoms with Crippen molar-refractivity contribution in [3.63, 3.8) is 0 Å². The zero-order valence-electron chi connectivity index (χ0n) is 10.3. The van der Waals surface area contributed by atoms with Gasteiger partial charge in [-0.3, -0.25) is 0 Å². The summed E-state index contributed by atoms with van der Waals surface area (Å²) in [5.41, 5.74) is 0. The molecule has 0 radical (unpaired) electrons. The number of pyridine rings is 1. The Balaban J connectivity index is 2.18. The lowest BCUT2D eigenvalue weighted by Gasteiger charge is -2.35. The first-order chi connectivity index (χ1) is 8.33. The third kappa shape index (κ3) is 2.94. The van der Waals surface area contributed by atoms with Crippen LogP contribution >= 0.6 is 0 Å². The van der Waals surface area contributed by atoms with E-state index in [0.717, 1.165) is 38.9 Å². The molecule has 2 heterocycles. The van der Waals surface area contributed by atoms with Crippen LogP contribution in [-0.4, -0.2) is 30.7 Å². The third-order valence-electron chi connectivity index (χ3n) is 3.19. The lowest BCUT2D eigenvalue weighted by molar-refractivity contribution is 0.424. The van der Waals surface area contributed by atoms with Crippen LogP contribution in [-0.2, 0) is 0 Å². The molecule has 0 aliphatic carbocycles. The van der Waals surface area contributed by atoms with Crippen LogP contribution in [0.3, 0.4) is 0 Å². The zero-order chi connectivity index (χ0) is 12.1. The Morgan fingerprint density at radius 2 is 2.47 bits per heavy atom. The SMILES string of the molecule is CCCN(c1ncccc1F)C1CCCNC1. The number of halogens is 1. The smallest absolute Gasteiger partial charge is 0.165 e. The minimum absolute atomic E-state index is 0.216. The summed E-state index contributed by atoms with van der Waals surface area (Å²) in [7, 11) is 0. The van der Waals surface area contributed by atoms with E-state index in [1.165, 1.54) is 6.07 Å². The number of piperidine rings is 1. The number of rotatable bonds is 4. The Bertz CT molecular complexity index is 350. The lowest BCUT2D eigenvalue weighted by atomic mass is 10.1.